The van der Waals surface area contributed by atoms with Gasteiger partial charge in [0.05, 0.1) is 12.3 Å². The summed E-state index contributed by atoms with van der Waals surface area (Å²) >= 11 is 0. The molecule has 0 radical (unpaired) electrons. The van der Waals surface area contributed by atoms with Gasteiger partial charge < -0.3 is 10.2 Å². The van der Waals surface area contributed by atoms with Crippen molar-refractivity contribution in [1.29, 1.82) is 0 Å². The van der Waals surface area contributed by atoms with Crippen molar-refractivity contribution in [3.63, 3.8) is 0 Å². The van der Waals surface area contributed by atoms with Crippen LogP contribution in [0.1, 0.15) is 46.5 Å². The van der Waals surface area contributed by atoms with E-state index in [1.807, 2.05) is 20.8 Å². The van der Waals surface area contributed by atoms with Crippen molar-refractivity contribution in [3.8, 4) is 0 Å². The summed E-state index contributed by atoms with van der Waals surface area (Å²) in [6.07, 6.45) is 1.81. The number of carbonyl (C=O) groups is 2. The predicted octanol–water partition coefficient (Wildman–Crippen LogP) is 2.38. The average Bonchev–Trinajstić information content (AvgIpc) is 2.19. The Morgan fingerprint density at radius 2 is 1.47 bits per heavy atom. The fraction of sp³-hybridized carbons (Fsp3) is 0.818. The molecule has 0 aromatic carbocycles. The summed E-state index contributed by atoms with van der Waals surface area (Å²) in [5.74, 6) is -2.82. The van der Waals surface area contributed by atoms with Crippen LogP contribution in [-0.2, 0) is 9.59 Å². The van der Waals surface area contributed by atoms with Crippen LogP contribution in [0.15, 0.2) is 0 Å². The second-order valence-corrected chi connectivity index (χ2v) is 3.91. The normalized spacial score (nSPS) is 13.5. The van der Waals surface area contributed by atoms with Crippen LogP contribution in [0.25, 0.3) is 0 Å². The lowest BCUT2D eigenvalue weighted by atomic mass is 9.68. The topological polar surface area (TPSA) is 74.6 Å². The van der Waals surface area contributed by atoms with Crippen molar-refractivity contribution < 1.29 is 19.8 Å². The highest BCUT2D eigenvalue weighted by molar-refractivity contribution is 5.78. The van der Waals surface area contributed by atoms with Gasteiger partial charge in [-0.3, -0.25) is 9.59 Å². The van der Waals surface area contributed by atoms with Gasteiger partial charge in [-0.05, 0) is 24.7 Å². The van der Waals surface area contributed by atoms with E-state index in [0.717, 1.165) is 0 Å². The van der Waals surface area contributed by atoms with Crippen molar-refractivity contribution in [3.05, 3.63) is 0 Å². The lowest BCUT2D eigenvalue weighted by Gasteiger charge is -2.35. The molecule has 1 atom stereocenters. The highest BCUT2D eigenvalue weighted by atomic mass is 16.4. The van der Waals surface area contributed by atoms with Crippen LogP contribution in [0, 0.1) is 11.3 Å². The van der Waals surface area contributed by atoms with Gasteiger partial charge in [0.1, 0.15) is 0 Å². The minimum absolute atomic E-state index is 0.287. The molecule has 0 saturated carbocycles. The Kier molecular flexibility index (Phi) is 5.33. The molecule has 15 heavy (non-hydrogen) atoms. The second kappa shape index (κ2) is 5.73. The predicted molar refractivity (Wildman–Crippen MR) is 56.7 cm³/mol. The molecule has 4 nitrogen and oxygen atoms in total. The zero-order valence-corrected chi connectivity index (χ0v) is 9.62. The Balaban J connectivity index is 4.99. The molecule has 0 aliphatic heterocycles. The molecule has 0 fully saturated rings. The van der Waals surface area contributed by atoms with E-state index < -0.39 is 17.9 Å². The molecule has 4 heteroatoms. The van der Waals surface area contributed by atoms with Gasteiger partial charge in [-0.15, -0.1) is 0 Å². The maximum absolute atomic E-state index is 11.1. The molecule has 0 amide bonds. The highest BCUT2D eigenvalue weighted by Crippen LogP contribution is 2.40. The van der Waals surface area contributed by atoms with Crippen molar-refractivity contribution in [1.82, 2.24) is 0 Å². The van der Waals surface area contributed by atoms with Crippen LogP contribution in [0.3, 0.4) is 0 Å². The summed E-state index contributed by atoms with van der Waals surface area (Å²) in [7, 11) is 0. The zero-order valence-electron chi connectivity index (χ0n) is 9.62. The van der Waals surface area contributed by atoms with E-state index >= 15 is 0 Å². The van der Waals surface area contributed by atoms with Gasteiger partial charge in [0.2, 0.25) is 0 Å². The van der Waals surface area contributed by atoms with Crippen molar-refractivity contribution in [2.75, 3.05) is 0 Å². The van der Waals surface area contributed by atoms with E-state index in [2.05, 4.69) is 0 Å². The van der Waals surface area contributed by atoms with E-state index in [0.29, 0.717) is 19.3 Å². The molecule has 1 unspecified atom stereocenters. The van der Waals surface area contributed by atoms with E-state index in [9.17, 15) is 9.59 Å². The summed E-state index contributed by atoms with van der Waals surface area (Å²) in [5.41, 5.74) is -0.385. The summed E-state index contributed by atoms with van der Waals surface area (Å²) in [5, 5.41) is 17.8. The van der Waals surface area contributed by atoms with Gasteiger partial charge in [-0.2, -0.15) is 0 Å². The molecule has 0 aromatic heterocycles. The molecule has 0 spiro atoms. The zero-order chi connectivity index (χ0) is 12.1. The molecular formula is C11H20O4. The number of carboxylic acid groups (broad SMARTS) is 2. The monoisotopic (exact) mass is 216 g/mol. The average molecular weight is 216 g/mol. The third-order valence-electron chi connectivity index (χ3n) is 3.53. The van der Waals surface area contributed by atoms with E-state index in [1.165, 1.54) is 0 Å². The number of rotatable bonds is 7. The number of carboxylic acids is 2. The van der Waals surface area contributed by atoms with Crippen LogP contribution >= 0.6 is 0 Å². The minimum atomic E-state index is -1.04. The number of aliphatic carboxylic acids is 2. The van der Waals surface area contributed by atoms with Crippen LogP contribution in [0.4, 0.5) is 0 Å². The Morgan fingerprint density at radius 1 is 1.07 bits per heavy atom. The van der Waals surface area contributed by atoms with Gasteiger partial charge in [0.15, 0.2) is 0 Å². The molecular weight excluding hydrogens is 196 g/mol. The fourth-order valence-corrected chi connectivity index (χ4v) is 2.23. The first-order chi connectivity index (χ1) is 6.93. The highest BCUT2D eigenvalue weighted by Gasteiger charge is 2.40. The summed E-state index contributed by atoms with van der Waals surface area (Å²) < 4.78 is 0. The first-order valence-corrected chi connectivity index (χ1v) is 5.38. The van der Waals surface area contributed by atoms with Crippen LogP contribution in [0.5, 0.6) is 0 Å². The van der Waals surface area contributed by atoms with Crippen molar-refractivity contribution in [2.24, 2.45) is 11.3 Å². The third kappa shape index (κ3) is 3.22. The smallest absolute Gasteiger partial charge is 0.307 e. The third-order valence-corrected chi connectivity index (χ3v) is 3.53. The maximum Gasteiger partial charge on any atom is 0.307 e. The Bertz CT molecular complexity index is 222. The molecule has 0 aromatic rings. The molecule has 0 rings (SSSR count). The molecule has 0 saturated heterocycles. The lowest BCUT2D eigenvalue weighted by Crippen LogP contribution is -2.36. The number of hydrogen-bond acceptors (Lipinski definition) is 2. The molecule has 2 N–H and O–H groups in total. The lowest BCUT2D eigenvalue weighted by molar-refractivity contribution is -0.154. The first kappa shape index (κ1) is 13.9. The van der Waals surface area contributed by atoms with Gasteiger partial charge in [0, 0.05) is 0 Å². The second-order valence-electron chi connectivity index (χ2n) is 3.91. The maximum atomic E-state index is 11.1. The molecule has 0 bridgehead atoms. The molecule has 0 heterocycles. The SMILES string of the molecule is CCC(CC)(CC)C(CC(=O)O)C(=O)O. The van der Waals surface area contributed by atoms with Crippen LogP contribution in [-0.4, -0.2) is 22.2 Å². The molecule has 0 aliphatic rings. The molecule has 0 aliphatic carbocycles. The quantitative estimate of drug-likeness (QED) is 0.685. The minimum Gasteiger partial charge on any atom is -0.481 e. The van der Waals surface area contributed by atoms with Crippen LogP contribution in [0.2, 0.25) is 0 Å². The molecule has 88 valence electrons. The number of hydrogen-bond donors (Lipinski definition) is 2. The van der Waals surface area contributed by atoms with Gasteiger partial charge in [-0.25, -0.2) is 0 Å². The van der Waals surface area contributed by atoms with Gasteiger partial charge in [0.25, 0.3) is 0 Å². The van der Waals surface area contributed by atoms with Crippen LogP contribution < -0.4 is 0 Å². The summed E-state index contributed by atoms with van der Waals surface area (Å²) in [4.78, 5) is 21.7. The Hall–Kier alpha value is -1.06. The van der Waals surface area contributed by atoms with E-state index in [-0.39, 0.29) is 11.8 Å². The summed E-state index contributed by atoms with van der Waals surface area (Å²) in [6, 6.07) is 0. The van der Waals surface area contributed by atoms with E-state index in [4.69, 9.17) is 10.2 Å². The fourth-order valence-electron chi connectivity index (χ4n) is 2.23. The Labute approximate surface area is 90.3 Å². The van der Waals surface area contributed by atoms with Gasteiger partial charge in [-0.1, -0.05) is 20.8 Å². The summed E-state index contributed by atoms with van der Waals surface area (Å²) in [6.45, 7) is 5.76. The largest absolute Gasteiger partial charge is 0.481 e. The van der Waals surface area contributed by atoms with E-state index in [1.54, 1.807) is 0 Å². The van der Waals surface area contributed by atoms with Crippen molar-refractivity contribution in [2.45, 2.75) is 46.5 Å². The van der Waals surface area contributed by atoms with Crippen molar-refractivity contribution >= 4 is 11.9 Å². The van der Waals surface area contributed by atoms with Gasteiger partial charge >= 0.3 is 11.9 Å². The Morgan fingerprint density at radius 3 is 1.67 bits per heavy atom. The standard InChI is InChI=1S/C11H20O4/c1-4-11(5-2,6-3)8(10(14)15)7-9(12)13/h8H,4-7H2,1-3H3,(H,12,13)(H,14,15). The first-order valence-electron chi connectivity index (χ1n) is 5.38.